The Balaban J connectivity index is 1.78. The van der Waals surface area contributed by atoms with E-state index >= 15 is 0 Å². The predicted octanol–water partition coefficient (Wildman–Crippen LogP) is 3.15. The number of anilines is 1. The molecule has 0 bridgehead atoms. The number of amides is 1. The van der Waals surface area contributed by atoms with Crippen molar-refractivity contribution in [1.82, 2.24) is 14.9 Å². The molecule has 0 unspecified atom stereocenters. The molecular formula is C20H16N4O3. The van der Waals surface area contributed by atoms with E-state index in [1.807, 2.05) is 30.3 Å². The quantitative estimate of drug-likeness (QED) is 0.606. The van der Waals surface area contributed by atoms with E-state index in [1.54, 1.807) is 31.2 Å². The standard InChI is InChI=1S/C20H16N4O3/c1-12-16(13-8-4-3-5-9-13)19(27-23-12)21-18(25)17-14-10-6-7-11-15(14)20(26)24(2)22-17/h3-11H,1-2H3,(H,21,25). The highest BCUT2D eigenvalue weighted by Crippen LogP contribution is 2.31. The van der Waals surface area contributed by atoms with Gasteiger partial charge in [0.1, 0.15) is 0 Å². The fourth-order valence-corrected chi connectivity index (χ4v) is 3.03. The summed E-state index contributed by atoms with van der Waals surface area (Å²) in [5, 5.41) is 11.8. The van der Waals surface area contributed by atoms with Gasteiger partial charge in [-0.05, 0) is 18.6 Å². The fourth-order valence-electron chi connectivity index (χ4n) is 3.03. The normalized spacial score (nSPS) is 10.9. The van der Waals surface area contributed by atoms with Gasteiger partial charge in [-0.25, -0.2) is 4.68 Å². The summed E-state index contributed by atoms with van der Waals surface area (Å²) in [4.78, 5) is 25.2. The van der Waals surface area contributed by atoms with Gasteiger partial charge in [-0.3, -0.25) is 14.9 Å². The number of aryl methyl sites for hydroxylation is 2. The number of aromatic nitrogens is 3. The second-order valence-corrected chi connectivity index (χ2v) is 6.12. The van der Waals surface area contributed by atoms with Crippen molar-refractivity contribution in [3.8, 4) is 11.1 Å². The van der Waals surface area contributed by atoms with Gasteiger partial charge < -0.3 is 4.52 Å². The molecule has 1 N–H and O–H groups in total. The summed E-state index contributed by atoms with van der Waals surface area (Å²) in [6.07, 6.45) is 0. The minimum Gasteiger partial charge on any atom is -0.337 e. The molecular weight excluding hydrogens is 344 g/mol. The van der Waals surface area contributed by atoms with E-state index in [1.165, 1.54) is 7.05 Å². The average Bonchev–Trinajstić information content (AvgIpc) is 3.05. The Kier molecular flexibility index (Phi) is 4.04. The van der Waals surface area contributed by atoms with Crippen LogP contribution in [0.1, 0.15) is 16.2 Å². The molecule has 0 saturated heterocycles. The van der Waals surface area contributed by atoms with Crippen LogP contribution < -0.4 is 10.9 Å². The Hall–Kier alpha value is -3.74. The summed E-state index contributed by atoms with van der Waals surface area (Å²) >= 11 is 0. The molecule has 0 aliphatic rings. The van der Waals surface area contributed by atoms with E-state index in [0.717, 1.165) is 10.2 Å². The van der Waals surface area contributed by atoms with Crippen LogP contribution in [0.3, 0.4) is 0 Å². The molecule has 7 nitrogen and oxygen atoms in total. The molecule has 0 radical (unpaired) electrons. The third-order valence-electron chi connectivity index (χ3n) is 4.32. The highest BCUT2D eigenvalue weighted by atomic mass is 16.5. The lowest BCUT2D eigenvalue weighted by atomic mass is 10.1. The summed E-state index contributed by atoms with van der Waals surface area (Å²) < 4.78 is 6.48. The number of rotatable bonds is 3. The van der Waals surface area contributed by atoms with E-state index < -0.39 is 5.91 Å². The van der Waals surface area contributed by atoms with E-state index in [0.29, 0.717) is 22.0 Å². The lowest BCUT2D eigenvalue weighted by molar-refractivity contribution is 0.101. The van der Waals surface area contributed by atoms with E-state index in [9.17, 15) is 9.59 Å². The first-order valence-electron chi connectivity index (χ1n) is 8.35. The lowest BCUT2D eigenvalue weighted by Gasteiger charge is -2.08. The number of nitrogens with one attached hydrogen (secondary N) is 1. The van der Waals surface area contributed by atoms with Crippen molar-refractivity contribution in [2.75, 3.05) is 5.32 Å². The second-order valence-electron chi connectivity index (χ2n) is 6.12. The molecule has 0 atom stereocenters. The molecule has 4 aromatic rings. The van der Waals surface area contributed by atoms with Crippen LogP contribution in [0.5, 0.6) is 0 Å². The van der Waals surface area contributed by atoms with Crippen molar-refractivity contribution in [2.24, 2.45) is 7.05 Å². The molecule has 7 heteroatoms. The molecule has 134 valence electrons. The molecule has 1 amide bonds. The van der Waals surface area contributed by atoms with Crippen LogP contribution in [0.4, 0.5) is 5.88 Å². The highest BCUT2D eigenvalue weighted by Gasteiger charge is 2.21. The molecule has 0 aliphatic heterocycles. The SMILES string of the molecule is Cc1noc(NC(=O)c2nn(C)c(=O)c3ccccc23)c1-c1ccccc1. The molecule has 4 rings (SSSR count). The number of hydrogen-bond acceptors (Lipinski definition) is 5. The van der Waals surface area contributed by atoms with Gasteiger partial charge in [-0.15, -0.1) is 0 Å². The zero-order valence-corrected chi connectivity index (χ0v) is 14.8. The Bertz CT molecular complexity index is 1210. The minimum atomic E-state index is -0.477. The van der Waals surface area contributed by atoms with Crippen LogP contribution in [-0.2, 0) is 7.05 Å². The van der Waals surface area contributed by atoms with Gasteiger partial charge in [0.05, 0.1) is 16.6 Å². The zero-order chi connectivity index (χ0) is 19.0. The van der Waals surface area contributed by atoms with Crippen molar-refractivity contribution in [3.63, 3.8) is 0 Å². The van der Waals surface area contributed by atoms with Crippen LogP contribution in [0.2, 0.25) is 0 Å². The molecule has 0 spiro atoms. The maximum absolute atomic E-state index is 12.9. The Morgan fingerprint density at radius 1 is 1.04 bits per heavy atom. The van der Waals surface area contributed by atoms with Gasteiger partial charge in [0.25, 0.3) is 11.5 Å². The third kappa shape index (κ3) is 2.89. The van der Waals surface area contributed by atoms with Gasteiger partial charge >= 0.3 is 0 Å². The Morgan fingerprint density at radius 2 is 1.70 bits per heavy atom. The zero-order valence-electron chi connectivity index (χ0n) is 14.8. The van der Waals surface area contributed by atoms with Gasteiger partial charge in [0.2, 0.25) is 5.88 Å². The van der Waals surface area contributed by atoms with E-state index in [-0.39, 0.29) is 17.1 Å². The third-order valence-corrected chi connectivity index (χ3v) is 4.32. The number of benzene rings is 2. The Labute approximate surface area is 154 Å². The molecule has 27 heavy (non-hydrogen) atoms. The summed E-state index contributed by atoms with van der Waals surface area (Å²) in [7, 11) is 1.51. The van der Waals surface area contributed by atoms with Crippen molar-refractivity contribution in [1.29, 1.82) is 0 Å². The van der Waals surface area contributed by atoms with Crippen molar-refractivity contribution >= 4 is 22.6 Å². The Morgan fingerprint density at radius 3 is 2.44 bits per heavy atom. The first-order valence-corrected chi connectivity index (χ1v) is 8.35. The number of fused-ring (bicyclic) bond motifs is 1. The number of carbonyl (C=O) groups is 1. The monoisotopic (exact) mass is 360 g/mol. The van der Waals surface area contributed by atoms with Gasteiger partial charge in [-0.2, -0.15) is 5.10 Å². The summed E-state index contributed by atoms with van der Waals surface area (Å²) in [5.41, 5.74) is 2.13. The number of nitrogens with zero attached hydrogens (tertiary/aromatic N) is 3. The van der Waals surface area contributed by atoms with Crippen LogP contribution in [0, 0.1) is 6.92 Å². The topological polar surface area (TPSA) is 90.0 Å². The van der Waals surface area contributed by atoms with Gasteiger partial charge in [0.15, 0.2) is 5.69 Å². The lowest BCUT2D eigenvalue weighted by Crippen LogP contribution is -2.25. The summed E-state index contributed by atoms with van der Waals surface area (Å²) in [6.45, 7) is 1.81. The fraction of sp³-hybridized carbons (Fsp3) is 0.100. The predicted molar refractivity (Wildman–Crippen MR) is 102 cm³/mol. The van der Waals surface area contributed by atoms with E-state index in [2.05, 4.69) is 15.6 Å². The van der Waals surface area contributed by atoms with Crippen LogP contribution in [0.25, 0.3) is 21.9 Å². The summed E-state index contributed by atoms with van der Waals surface area (Å²) in [6, 6.07) is 16.4. The van der Waals surface area contributed by atoms with Gasteiger partial charge in [0, 0.05) is 12.4 Å². The molecule has 0 fully saturated rings. The summed E-state index contributed by atoms with van der Waals surface area (Å²) in [5.74, 6) is -0.237. The van der Waals surface area contributed by atoms with Crippen molar-refractivity contribution in [2.45, 2.75) is 6.92 Å². The average molecular weight is 360 g/mol. The van der Waals surface area contributed by atoms with Crippen molar-refractivity contribution in [3.05, 3.63) is 76.3 Å². The highest BCUT2D eigenvalue weighted by molar-refractivity contribution is 6.11. The number of carbonyl (C=O) groups excluding carboxylic acids is 1. The smallest absolute Gasteiger partial charge is 0.279 e. The van der Waals surface area contributed by atoms with Gasteiger partial charge in [-0.1, -0.05) is 53.7 Å². The molecule has 2 aromatic carbocycles. The minimum absolute atomic E-state index is 0.140. The molecule has 2 aromatic heterocycles. The molecule has 0 aliphatic carbocycles. The van der Waals surface area contributed by atoms with Crippen molar-refractivity contribution < 1.29 is 9.32 Å². The first kappa shape index (κ1) is 16.7. The largest absolute Gasteiger partial charge is 0.337 e. The van der Waals surface area contributed by atoms with Crippen LogP contribution in [-0.4, -0.2) is 20.8 Å². The second kappa shape index (κ2) is 6.53. The maximum atomic E-state index is 12.9. The first-order chi connectivity index (χ1) is 13.1. The van der Waals surface area contributed by atoms with E-state index in [4.69, 9.17) is 4.52 Å². The maximum Gasteiger partial charge on any atom is 0.279 e. The number of hydrogen-bond donors (Lipinski definition) is 1. The van der Waals surface area contributed by atoms with Crippen LogP contribution >= 0.6 is 0 Å². The van der Waals surface area contributed by atoms with Crippen LogP contribution in [0.15, 0.2) is 63.9 Å². The molecule has 2 heterocycles. The molecule has 0 saturated carbocycles.